The first-order valence-corrected chi connectivity index (χ1v) is 11.1. The van der Waals surface area contributed by atoms with E-state index in [0.29, 0.717) is 38.8 Å². The van der Waals surface area contributed by atoms with Crippen molar-refractivity contribution < 1.29 is 22.6 Å². The van der Waals surface area contributed by atoms with Crippen LogP contribution in [-0.2, 0) is 16.0 Å². The maximum atomic E-state index is 13.7. The molecule has 2 atom stereocenters. The van der Waals surface area contributed by atoms with Crippen LogP contribution in [0.2, 0.25) is 0 Å². The monoisotopic (exact) mass is 484 g/mol. The van der Waals surface area contributed by atoms with E-state index in [-0.39, 0.29) is 48.5 Å². The SMILES string of the molecule is C[C@@H]1COCCN1c1cc(=O)n2c(n1)N(CC1COC1)[C@H](C(F)(F)F)CC2.O=c1ccnc[nH]1. The summed E-state index contributed by atoms with van der Waals surface area (Å²) in [6.07, 6.45) is -1.74. The Hall–Kier alpha value is -2.93. The molecule has 0 saturated carbocycles. The zero-order valence-corrected chi connectivity index (χ0v) is 18.7. The number of halogens is 3. The molecule has 5 rings (SSSR count). The highest BCUT2D eigenvalue weighted by molar-refractivity contribution is 5.47. The van der Waals surface area contributed by atoms with Gasteiger partial charge in [-0.1, -0.05) is 0 Å². The fourth-order valence-corrected chi connectivity index (χ4v) is 4.19. The van der Waals surface area contributed by atoms with Gasteiger partial charge in [0.05, 0.1) is 38.8 Å². The lowest BCUT2D eigenvalue weighted by atomic mass is 10.0. The Morgan fingerprint density at radius 1 is 1.18 bits per heavy atom. The fourth-order valence-electron chi connectivity index (χ4n) is 4.19. The number of ether oxygens (including phenoxy) is 2. The first-order chi connectivity index (χ1) is 16.2. The van der Waals surface area contributed by atoms with Crippen LogP contribution in [-0.4, -0.2) is 77.3 Å². The van der Waals surface area contributed by atoms with E-state index < -0.39 is 12.2 Å². The summed E-state index contributed by atoms with van der Waals surface area (Å²) in [6.45, 7) is 4.56. The van der Waals surface area contributed by atoms with Crippen LogP contribution in [0, 0.1) is 5.92 Å². The molecule has 0 unspecified atom stereocenters. The standard InChI is InChI=1S/C17H23F3N4O3.C4H4N2O/c1-11-8-26-5-4-22(11)14-6-15(25)23-3-2-13(17(18,19)20)24(16(23)21-14)7-12-9-27-10-12;7-4-1-2-5-3-6-4/h6,11-13H,2-5,7-10H2,1H3;1-3H,(H,5,6,7)/t11-,13+;/m1./s1. The van der Waals surface area contributed by atoms with Gasteiger partial charge in [-0.25, -0.2) is 4.98 Å². The van der Waals surface area contributed by atoms with Crippen LogP contribution in [0.3, 0.4) is 0 Å². The molecule has 2 saturated heterocycles. The number of aromatic nitrogens is 4. The van der Waals surface area contributed by atoms with Gasteiger partial charge in [-0.3, -0.25) is 14.2 Å². The summed E-state index contributed by atoms with van der Waals surface area (Å²) in [7, 11) is 0. The van der Waals surface area contributed by atoms with Gasteiger partial charge in [0.2, 0.25) is 5.95 Å². The molecule has 13 heteroatoms. The van der Waals surface area contributed by atoms with Crippen molar-refractivity contribution in [3.63, 3.8) is 0 Å². The number of anilines is 2. The highest BCUT2D eigenvalue weighted by Crippen LogP contribution is 2.35. The van der Waals surface area contributed by atoms with Gasteiger partial charge < -0.3 is 24.3 Å². The van der Waals surface area contributed by atoms with Crippen LogP contribution in [0.1, 0.15) is 13.3 Å². The van der Waals surface area contributed by atoms with Gasteiger partial charge in [-0.2, -0.15) is 18.2 Å². The molecule has 34 heavy (non-hydrogen) atoms. The third-order valence-corrected chi connectivity index (χ3v) is 6.03. The molecule has 1 N–H and O–H groups in total. The van der Waals surface area contributed by atoms with Crippen molar-refractivity contribution in [2.75, 3.05) is 49.3 Å². The zero-order valence-electron chi connectivity index (χ0n) is 18.7. The summed E-state index contributed by atoms with van der Waals surface area (Å²) in [5.74, 6) is 0.542. The number of rotatable bonds is 3. The largest absolute Gasteiger partial charge is 0.408 e. The van der Waals surface area contributed by atoms with E-state index in [1.165, 1.54) is 34.1 Å². The molecular weight excluding hydrogens is 457 g/mol. The van der Waals surface area contributed by atoms with Crippen LogP contribution >= 0.6 is 0 Å². The summed E-state index contributed by atoms with van der Waals surface area (Å²) in [5.41, 5.74) is -0.431. The number of hydrogen-bond donors (Lipinski definition) is 1. The van der Waals surface area contributed by atoms with E-state index in [1.54, 1.807) is 0 Å². The number of fused-ring (bicyclic) bond motifs is 1. The van der Waals surface area contributed by atoms with Crippen molar-refractivity contribution >= 4 is 11.8 Å². The summed E-state index contributed by atoms with van der Waals surface area (Å²) in [4.78, 5) is 36.5. The highest BCUT2D eigenvalue weighted by Gasteiger charge is 2.47. The molecule has 0 spiro atoms. The summed E-state index contributed by atoms with van der Waals surface area (Å²) in [5, 5.41) is 0. The number of nitrogens with zero attached hydrogens (tertiary/aromatic N) is 5. The van der Waals surface area contributed by atoms with Crippen molar-refractivity contribution in [1.82, 2.24) is 19.5 Å². The average molecular weight is 484 g/mol. The number of H-pyrrole nitrogens is 1. The molecule has 3 aliphatic rings. The first-order valence-electron chi connectivity index (χ1n) is 11.1. The highest BCUT2D eigenvalue weighted by atomic mass is 19.4. The number of aromatic amines is 1. The van der Waals surface area contributed by atoms with Crippen molar-refractivity contribution in [3.05, 3.63) is 45.4 Å². The van der Waals surface area contributed by atoms with Crippen LogP contribution in [0.25, 0.3) is 0 Å². The van der Waals surface area contributed by atoms with E-state index in [4.69, 9.17) is 9.47 Å². The topological polar surface area (TPSA) is 106 Å². The molecule has 10 nitrogen and oxygen atoms in total. The Kier molecular flexibility index (Phi) is 7.22. The van der Waals surface area contributed by atoms with Gasteiger partial charge in [-0.05, 0) is 13.3 Å². The van der Waals surface area contributed by atoms with Crippen molar-refractivity contribution in [1.29, 1.82) is 0 Å². The predicted octanol–water partition coefficient (Wildman–Crippen LogP) is 1.03. The minimum Gasteiger partial charge on any atom is -0.381 e. The second-order valence-corrected chi connectivity index (χ2v) is 8.53. The number of alkyl halides is 3. The third-order valence-electron chi connectivity index (χ3n) is 6.03. The molecule has 0 amide bonds. The van der Waals surface area contributed by atoms with E-state index in [0.717, 1.165) is 0 Å². The normalized spacial score (nSPS) is 22.9. The van der Waals surface area contributed by atoms with Crippen LogP contribution in [0.4, 0.5) is 24.9 Å². The smallest absolute Gasteiger partial charge is 0.381 e. The molecule has 0 aliphatic carbocycles. The van der Waals surface area contributed by atoms with E-state index >= 15 is 0 Å². The molecule has 0 bridgehead atoms. The van der Waals surface area contributed by atoms with Gasteiger partial charge in [-0.15, -0.1) is 0 Å². The second-order valence-electron chi connectivity index (χ2n) is 8.53. The summed E-state index contributed by atoms with van der Waals surface area (Å²) >= 11 is 0. The van der Waals surface area contributed by atoms with Crippen molar-refractivity contribution in [2.45, 2.75) is 38.1 Å². The summed E-state index contributed by atoms with van der Waals surface area (Å²) < 4.78 is 52.9. The Labute approximate surface area is 193 Å². The Morgan fingerprint density at radius 2 is 1.97 bits per heavy atom. The number of morpholine rings is 1. The quantitative estimate of drug-likeness (QED) is 0.689. The molecule has 2 fully saturated rings. The maximum Gasteiger partial charge on any atom is 0.408 e. The lowest BCUT2D eigenvalue weighted by Crippen LogP contribution is -2.56. The Morgan fingerprint density at radius 3 is 2.53 bits per heavy atom. The maximum absolute atomic E-state index is 13.7. The van der Waals surface area contributed by atoms with Gasteiger partial charge in [0.25, 0.3) is 11.1 Å². The lowest BCUT2D eigenvalue weighted by molar-refractivity contribution is -0.154. The number of hydrogen-bond acceptors (Lipinski definition) is 8. The van der Waals surface area contributed by atoms with Crippen molar-refractivity contribution in [2.24, 2.45) is 5.92 Å². The van der Waals surface area contributed by atoms with Gasteiger partial charge >= 0.3 is 6.18 Å². The average Bonchev–Trinajstić information content (AvgIpc) is 2.76. The van der Waals surface area contributed by atoms with E-state index in [9.17, 15) is 22.8 Å². The molecule has 0 aromatic carbocycles. The van der Waals surface area contributed by atoms with Gasteiger partial charge in [0, 0.05) is 43.9 Å². The number of nitrogens with one attached hydrogen (secondary N) is 1. The summed E-state index contributed by atoms with van der Waals surface area (Å²) in [6, 6.07) is 1.15. The third kappa shape index (κ3) is 5.41. The molecule has 5 heterocycles. The predicted molar refractivity (Wildman–Crippen MR) is 117 cm³/mol. The molecule has 0 radical (unpaired) electrons. The lowest BCUT2D eigenvalue weighted by Gasteiger charge is -2.43. The zero-order chi connectivity index (χ0) is 24.3. The fraction of sp³-hybridized carbons (Fsp3) is 0.619. The second kappa shape index (κ2) is 10.1. The van der Waals surface area contributed by atoms with Crippen LogP contribution < -0.4 is 20.9 Å². The van der Waals surface area contributed by atoms with Crippen LogP contribution in [0.5, 0.6) is 0 Å². The van der Waals surface area contributed by atoms with Crippen molar-refractivity contribution in [3.8, 4) is 0 Å². The molecule has 186 valence electrons. The van der Waals surface area contributed by atoms with Gasteiger partial charge in [0.15, 0.2) is 0 Å². The van der Waals surface area contributed by atoms with E-state index in [1.807, 2.05) is 11.8 Å². The molecule has 2 aromatic rings. The minimum atomic E-state index is -4.38. The minimum absolute atomic E-state index is 0.00388. The van der Waals surface area contributed by atoms with E-state index in [2.05, 4.69) is 15.0 Å². The molecular formula is C21H27F3N6O4. The Balaban J connectivity index is 0.000000336. The molecule has 2 aromatic heterocycles. The molecule has 3 aliphatic heterocycles. The van der Waals surface area contributed by atoms with Gasteiger partial charge in [0.1, 0.15) is 11.9 Å². The Bertz CT molecular complexity index is 1070. The first kappa shape index (κ1) is 24.2. The van der Waals surface area contributed by atoms with Crippen LogP contribution in [0.15, 0.2) is 34.2 Å².